The fraction of sp³-hybridized carbons (Fsp3) is 0.333. The number of carbonyl (C=O) groups excluding carboxylic acids is 2. The number of halogens is 2. The lowest BCUT2D eigenvalue weighted by atomic mass is 9.97. The molecule has 0 aliphatic carbocycles. The van der Waals surface area contributed by atoms with Crippen LogP contribution in [0.4, 0.5) is 20.4 Å². The molecule has 2 N–H and O–H groups in total. The van der Waals surface area contributed by atoms with E-state index in [9.17, 15) is 18.4 Å². The lowest BCUT2D eigenvalue weighted by molar-refractivity contribution is -0.136. The smallest absolute Gasteiger partial charge is 0.313 e. The first kappa shape index (κ1) is 18.7. The van der Waals surface area contributed by atoms with Crippen molar-refractivity contribution in [3.05, 3.63) is 48.3 Å². The van der Waals surface area contributed by atoms with Crippen LogP contribution in [-0.2, 0) is 9.59 Å². The van der Waals surface area contributed by atoms with Gasteiger partial charge in [0.15, 0.2) is 11.6 Å². The molecule has 2 aromatic rings. The highest BCUT2D eigenvalue weighted by Gasteiger charge is 2.22. The highest BCUT2D eigenvalue weighted by atomic mass is 19.2. The Morgan fingerprint density at radius 2 is 1.78 bits per heavy atom. The number of piperidine rings is 1. The first-order valence-corrected chi connectivity index (χ1v) is 8.59. The summed E-state index contributed by atoms with van der Waals surface area (Å²) in [6.45, 7) is 1.91. The zero-order valence-corrected chi connectivity index (χ0v) is 14.5. The van der Waals surface area contributed by atoms with Gasteiger partial charge in [-0.3, -0.25) is 9.59 Å². The zero-order valence-electron chi connectivity index (χ0n) is 14.5. The molecule has 1 aliphatic rings. The Kier molecular flexibility index (Phi) is 5.90. The summed E-state index contributed by atoms with van der Waals surface area (Å²) < 4.78 is 26.0. The van der Waals surface area contributed by atoms with Gasteiger partial charge in [0.2, 0.25) is 5.95 Å². The maximum absolute atomic E-state index is 13.1. The molecule has 2 amide bonds. The van der Waals surface area contributed by atoms with E-state index in [1.54, 1.807) is 18.5 Å². The second kappa shape index (κ2) is 8.52. The van der Waals surface area contributed by atoms with E-state index in [2.05, 4.69) is 25.5 Å². The highest BCUT2D eigenvalue weighted by Crippen LogP contribution is 2.19. The molecule has 27 heavy (non-hydrogen) atoms. The summed E-state index contributed by atoms with van der Waals surface area (Å²) in [5, 5.41) is 4.83. The van der Waals surface area contributed by atoms with Crippen molar-refractivity contribution in [3.63, 3.8) is 0 Å². The molecule has 0 bridgehead atoms. The second-order valence-electron chi connectivity index (χ2n) is 6.27. The Morgan fingerprint density at radius 3 is 2.44 bits per heavy atom. The average molecular weight is 375 g/mol. The van der Waals surface area contributed by atoms with Gasteiger partial charge >= 0.3 is 11.8 Å². The Bertz CT molecular complexity index is 811. The van der Waals surface area contributed by atoms with Crippen molar-refractivity contribution in [2.75, 3.05) is 29.9 Å². The van der Waals surface area contributed by atoms with Gasteiger partial charge in [-0.1, -0.05) is 0 Å². The molecule has 0 saturated carbocycles. The molecule has 1 fully saturated rings. The molecule has 0 unspecified atom stereocenters. The van der Waals surface area contributed by atoms with Crippen LogP contribution in [0, 0.1) is 17.6 Å². The molecule has 7 nitrogen and oxygen atoms in total. The Balaban J connectivity index is 1.42. The van der Waals surface area contributed by atoms with E-state index >= 15 is 0 Å². The van der Waals surface area contributed by atoms with E-state index in [-0.39, 0.29) is 11.6 Å². The summed E-state index contributed by atoms with van der Waals surface area (Å²) in [7, 11) is 0. The molecule has 0 radical (unpaired) electrons. The zero-order chi connectivity index (χ0) is 19.2. The highest BCUT2D eigenvalue weighted by molar-refractivity contribution is 6.39. The Morgan fingerprint density at radius 1 is 1.07 bits per heavy atom. The number of anilines is 2. The number of rotatable bonds is 4. The number of carbonyl (C=O) groups is 2. The third-order valence-corrected chi connectivity index (χ3v) is 4.38. The summed E-state index contributed by atoms with van der Waals surface area (Å²) in [6, 6.07) is 4.65. The third kappa shape index (κ3) is 4.96. The minimum Gasteiger partial charge on any atom is -0.348 e. The van der Waals surface area contributed by atoms with E-state index in [4.69, 9.17) is 0 Å². The van der Waals surface area contributed by atoms with Crippen molar-refractivity contribution < 1.29 is 18.4 Å². The van der Waals surface area contributed by atoms with Gasteiger partial charge < -0.3 is 15.5 Å². The lowest BCUT2D eigenvalue weighted by Crippen LogP contribution is -2.42. The number of nitrogens with one attached hydrogen (secondary N) is 2. The van der Waals surface area contributed by atoms with Crippen molar-refractivity contribution in [1.82, 2.24) is 15.3 Å². The largest absolute Gasteiger partial charge is 0.348 e. The molecular weight excluding hydrogens is 356 g/mol. The number of aromatic nitrogens is 2. The van der Waals surface area contributed by atoms with Gasteiger partial charge in [0, 0.05) is 43.8 Å². The Labute approximate surface area is 154 Å². The normalized spacial score (nSPS) is 14.7. The van der Waals surface area contributed by atoms with Crippen LogP contribution in [0.15, 0.2) is 36.7 Å². The van der Waals surface area contributed by atoms with Crippen LogP contribution in [-0.4, -0.2) is 41.4 Å². The van der Waals surface area contributed by atoms with Crippen LogP contribution < -0.4 is 15.5 Å². The summed E-state index contributed by atoms with van der Waals surface area (Å²) >= 11 is 0. The first-order chi connectivity index (χ1) is 13.0. The molecule has 1 aromatic carbocycles. The standard InChI is InChI=1S/C18H19F2N5O2/c19-14-3-2-13(10-15(14)20)24-17(27)16(26)23-11-12-4-8-25(9-5-12)18-21-6-1-7-22-18/h1-3,6-7,10,12H,4-5,8-9,11H2,(H,23,26)(H,24,27). The molecule has 1 saturated heterocycles. The fourth-order valence-electron chi connectivity index (χ4n) is 2.87. The quantitative estimate of drug-likeness (QED) is 0.795. The molecule has 3 rings (SSSR count). The number of amides is 2. The molecule has 1 aromatic heterocycles. The van der Waals surface area contributed by atoms with Crippen LogP contribution in [0.2, 0.25) is 0 Å². The van der Waals surface area contributed by atoms with Crippen LogP contribution in [0.25, 0.3) is 0 Å². The predicted octanol–water partition coefficient (Wildman–Crippen LogP) is 1.73. The van der Waals surface area contributed by atoms with E-state index in [1.165, 1.54) is 6.07 Å². The van der Waals surface area contributed by atoms with Gasteiger partial charge in [0.1, 0.15) is 0 Å². The van der Waals surface area contributed by atoms with Gasteiger partial charge in [-0.15, -0.1) is 0 Å². The summed E-state index contributed by atoms with van der Waals surface area (Å²) in [5.74, 6) is -2.92. The SMILES string of the molecule is O=C(NCC1CCN(c2ncccn2)CC1)C(=O)Nc1ccc(F)c(F)c1. The van der Waals surface area contributed by atoms with E-state index < -0.39 is 23.4 Å². The fourth-order valence-corrected chi connectivity index (χ4v) is 2.87. The maximum Gasteiger partial charge on any atom is 0.313 e. The van der Waals surface area contributed by atoms with E-state index in [0.717, 1.165) is 38.1 Å². The van der Waals surface area contributed by atoms with Gasteiger partial charge in [0.05, 0.1) is 0 Å². The first-order valence-electron chi connectivity index (χ1n) is 8.59. The molecule has 1 aliphatic heterocycles. The predicted molar refractivity (Wildman–Crippen MR) is 95.0 cm³/mol. The van der Waals surface area contributed by atoms with E-state index in [1.807, 2.05) is 0 Å². The maximum atomic E-state index is 13.1. The van der Waals surface area contributed by atoms with Crippen LogP contribution in [0.3, 0.4) is 0 Å². The molecule has 9 heteroatoms. The van der Waals surface area contributed by atoms with Gasteiger partial charge in [-0.25, -0.2) is 18.7 Å². The number of benzene rings is 1. The molecular formula is C18H19F2N5O2. The van der Waals surface area contributed by atoms with Crippen molar-refractivity contribution in [3.8, 4) is 0 Å². The van der Waals surface area contributed by atoms with Crippen LogP contribution in [0.1, 0.15) is 12.8 Å². The average Bonchev–Trinajstić information content (AvgIpc) is 2.70. The number of nitrogens with zero attached hydrogens (tertiary/aromatic N) is 3. The number of hydrogen-bond acceptors (Lipinski definition) is 5. The molecule has 142 valence electrons. The third-order valence-electron chi connectivity index (χ3n) is 4.38. The lowest BCUT2D eigenvalue weighted by Gasteiger charge is -2.31. The van der Waals surface area contributed by atoms with Crippen molar-refractivity contribution >= 4 is 23.5 Å². The second-order valence-corrected chi connectivity index (χ2v) is 6.27. The number of hydrogen-bond donors (Lipinski definition) is 2. The molecule has 2 heterocycles. The van der Waals surface area contributed by atoms with Crippen molar-refractivity contribution in [1.29, 1.82) is 0 Å². The van der Waals surface area contributed by atoms with Crippen molar-refractivity contribution in [2.45, 2.75) is 12.8 Å². The molecule has 0 atom stereocenters. The topological polar surface area (TPSA) is 87.2 Å². The van der Waals surface area contributed by atoms with Gasteiger partial charge in [0.25, 0.3) is 0 Å². The minimum atomic E-state index is -1.10. The van der Waals surface area contributed by atoms with E-state index in [0.29, 0.717) is 12.5 Å². The summed E-state index contributed by atoms with van der Waals surface area (Å²) in [6.07, 6.45) is 5.06. The van der Waals surface area contributed by atoms with Crippen molar-refractivity contribution in [2.24, 2.45) is 5.92 Å². The minimum absolute atomic E-state index is 0.0187. The summed E-state index contributed by atoms with van der Waals surface area (Å²) in [4.78, 5) is 34.3. The van der Waals surface area contributed by atoms with Gasteiger partial charge in [-0.05, 0) is 37.0 Å². The summed E-state index contributed by atoms with van der Waals surface area (Å²) in [5.41, 5.74) is 0.0187. The molecule has 0 spiro atoms. The monoisotopic (exact) mass is 375 g/mol. The van der Waals surface area contributed by atoms with Crippen LogP contribution in [0.5, 0.6) is 0 Å². The van der Waals surface area contributed by atoms with Gasteiger partial charge in [-0.2, -0.15) is 0 Å². The van der Waals surface area contributed by atoms with Crippen LogP contribution >= 0.6 is 0 Å². The Hall–Kier alpha value is -3.10.